The highest BCUT2D eigenvalue weighted by molar-refractivity contribution is 7.98. The average molecular weight is 486 g/mol. The second-order valence-corrected chi connectivity index (χ2v) is 9.88. The highest BCUT2D eigenvalue weighted by atomic mass is 32.2. The zero-order chi connectivity index (χ0) is 24.0. The van der Waals surface area contributed by atoms with Crippen molar-refractivity contribution in [3.05, 3.63) is 89.6 Å². The van der Waals surface area contributed by atoms with Crippen LogP contribution in [0.3, 0.4) is 0 Å². The van der Waals surface area contributed by atoms with Crippen LogP contribution >= 0.6 is 11.8 Å². The molecule has 180 valence electrons. The Balaban J connectivity index is 1.23. The Labute approximate surface area is 210 Å². The fourth-order valence-electron chi connectivity index (χ4n) is 4.71. The zero-order valence-corrected chi connectivity index (χ0v) is 20.9. The number of fused-ring (bicyclic) bond motifs is 1. The van der Waals surface area contributed by atoms with Crippen molar-refractivity contribution < 1.29 is 4.79 Å². The smallest absolute Gasteiger partial charge is 0.251 e. The van der Waals surface area contributed by atoms with Crippen LogP contribution in [0, 0.1) is 0 Å². The minimum Gasteiger partial charge on any atom is -0.350 e. The van der Waals surface area contributed by atoms with Gasteiger partial charge in [0.15, 0.2) is 10.8 Å². The van der Waals surface area contributed by atoms with Gasteiger partial charge < -0.3 is 5.32 Å². The number of imidazole rings is 1. The molecular weight excluding hydrogens is 454 g/mol. The summed E-state index contributed by atoms with van der Waals surface area (Å²) in [4.78, 5) is 24.5. The molecule has 1 fully saturated rings. The van der Waals surface area contributed by atoms with Crippen molar-refractivity contribution in [1.82, 2.24) is 24.8 Å². The monoisotopic (exact) mass is 485 g/mol. The Morgan fingerprint density at radius 3 is 2.69 bits per heavy atom. The van der Waals surface area contributed by atoms with Crippen LogP contribution in [0.15, 0.2) is 78.1 Å². The Morgan fingerprint density at radius 1 is 1.06 bits per heavy atom. The molecule has 7 heteroatoms. The van der Waals surface area contributed by atoms with Crippen molar-refractivity contribution in [3.63, 3.8) is 0 Å². The molecule has 1 saturated heterocycles. The summed E-state index contributed by atoms with van der Waals surface area (Å²) in [5, 5.41) is 4.07. The quantitative estimate of drug-likeness (QED) is 0.339. The number of carbonyl (C=O) groups is 1. The van der Waals surface area contributed by atoms with E-state index in [1.54, 1.807) is 11.8 Å². The van der Waals surface area contributed by atoms with E-state index < -0.39 is 0 Å². The van der Waals surface area contributed by atoms with Gasteiger partial charge in [-0.15, -0.1) is 0 Å². The number of nitrogens with one attached hydrogen (secondary N) is 1. The van der Waals surface area contributed by atoms with Crippen molar-refractivity contribution in [2.75, 3.05) is 19.6 Å². The Kier molecular flexibility index (Phi) is 7.45. The van der Waals surface area contributed by atoms with Gasteiger partial charge in [-0.2, -0.15) is 0 Å². The van der Waals surface area contributed by atoms with Crippen LogP contribution < -0.4 is 5.32 Å². The Bertz CT molecular complexity index is 1270. The predicted octanol–water partition coefficient (Wildman–Crippen LogP) is 4.99. The molecular formula is C28H31N5OS. The van der Waals surface area contributed by atoms with E-state index >= 15 is 0 Å². The standard InChI is InChI=1S/C28H31N5OS/c1-2-32-17-7-10-24(32)18-30-27(34)23-14-12-22(13-15-23)20-35-28-31-25-11-6-16-29-26(25)33(28)19-21-8-4-3-5-9-21/h3-6,8-9,11-16,24H,2,7,10,17-20H2,1H3,(H,30,34). The number of benzene rings is 2. The van der Waals surface area contributed by atoms with E-state index in [0.29, 0.717) is 11.6 Å². The molecule has 35 heavy (non-hydrogen) atoms. The van der Waals surface area contributed by atoms with Crippen molar-refractivity contribution >= 4 is 28.8 Å². The fraction of sp³-hybridized carbons (Fsp3) is 0.321. The second-order valence-electron chi connectivity index (χ2n) is 8.93. The maximum atomic E-state index is 12.6. The van der Waals surface area contributed by atoms with Gasteiger partial charge in [-0.05, 0) is 61.3 Å². The SMILES string of the molecule is CCN1CCCC1CNC(=O)c1ccc(CSc2nc3cccnc3n2Cc2ccccc2)cc1. The number of likely N-dealkylation sites (N-methyl/N-ethyl adjacent to an activating group) is 1. The van der Waals surface area contributed by atoms with Crippen molar-refractivity contribution in [3.8, 4) is 0 Å². The third-order valence-corrected chi connectivity index (χ3v) is 7.69. The van der Waals surface area contributed by atoms with Crippen LogP contribution in [-0.4, -0.2) is 51.0 Å². The fourth-order valence-corrected chi connectivity index (χ4v) is 5.67. The summed E-state index contributed by atoms with van der Waals surface area (Å²) in [7, 11) is 0. The van der Waals surface area contributed by atoms with Crippen LogP contribution in [0.1, 0.15) is 41.3 Å². The summed E-state index contributed by atoms with van der Waals surface area (Å²) in [5.41, 5.74) is 4.89. The molecule has 0 spiro atoms. The van der Waals surface area contributed by atoms with Gasteiger partial charge in [-0.1, -0.05) is 61.2 Å². The number of thioether (sulfide) groups is 1. The van der Waals surface area contributed by atoms with Crippen LogP contribution in [-0.2, 0) is 12.3 Å². The lowest BCUT2D eigenvalue weighted by molar-refractivity contribution is 0.0941. The van der Waals surface area contributed by atoms with E-state index in [0.717, 1.165) is 60.2 Å². The first kappa shape index (κ1) is 23.6. The molecule has 1 atom stereocenters. The molecule has 5 rings (SSSR count). The maximum absolute atomic E-state index is 12.6. The zero-order valence-electron chi connectivity index (χ0n) is 20.1. The number of pyridine rings is 1. The minimum atomic E-state index is 0.00267. The molecule has 1 N–H and O–H groups in total. The van der Waals surface area contributed by atoms with E-state index in [-0.39, 0.29) is 5.91 Å². The Hall–Kier alpha value is -3.16. The normalized spacial score (nSPS) is 16.1. The number of likely N-dealkylation sites (tertiary alicyclic amines) is 1. The molecule has 1 aliphatic heterocycles. The number of amides is 1. The van der Waals surface area contributed by atoms with Crippen LogP contribution in [0.4, 0.5) is 0 Å². The third kappa shape index (κ3) is 5.57. The summed E-state index contributed by atoms with van der Waals surface area (Å²) < 4.78 is 2.18. The molecule has 1 unspecified atom stereocenters. The van der Waals surface area contributed by atoms with E-state index in [1.165, 1.54) is 12.0 Å². The average Bonchev–Trinajstić information content (AvgIpc) is 3.51. The third-order valence-electron chi connectivity index (χ3n) is 6.64. The number of hydrogen-bond acceptors (Lipinski definition) is 5. The molecule has 0 aliphatic carbocycles. The minimum absolute atomic E-state index is 0.00267. The molecule has 3 heterocycles. The maximum Gasteiger partial charge on any atom is 0.251 e. The van der Waals surface area contributed by atoms with Gasteiger partial charge >= 0.3 is 0 Å². The van der Waals surface area contributed by atoms with Crippen molar-refractivity contribution in [1.29, 1.82) is 0 Å². The highest BCUT2D eigenvalue weighted by Crippen LogP contribution is 2.27. The summed E-state index contributed by atoms with van der Waals surface area (Å²) in [5.74, 6) is 0.774. The number of hydrogen-bond donors (Lipinski definition) is 1. The number of nitrogens with zero attached hydrogens (tertiary/aromatic N) is 4. The molecule has 0 radical (unpaired) electrons. The lowest BCUT2D eigenvalue weighted by atomic mass is 10.1. The summed E-state index contributed by atoms with van der Waals surface area (Å²) in [6.07, 6.45) is 4.20. The molecule has 2 aromatic heterocycles. The van der Waals surface area contributed by atoms with Gasteiger partial charge in [0.1, 0.15) is 5.52 Å². The van der Waals surface area contributed by atoms with Gasteiger partial charge in [0.2, 0.25) is 0 Å². The first-order valence-corrected chi connectivity index (χ1v) is 13.3. The Morgan fingerprint density at radius 2 is 1.89 bits per heavy atom. The predicted molar refractivity (Wildman–Crippen MR) is 142 cm³/mol. The lowest BCUT2D eigenvalue weighted by Gasteiger charge is -2.22. The molecule has 1 aliphatic rings. The second kappa shape index (κ2) is 11.1. The molecule has 0 bridgehead atoms. The molecule has 0 saturated carbocycles. The summed E-state index contributed by atoms with van der Waals surface area (Å²) in [6.45, 7) is 5.81. The molecule has 2 aromatic carbocycles. The highest BCUT2D eigenvalue weighted by Gasteiger charge is 2.23. The van der Waals surface area contributed by atoms with E-state index in [1.807, 2.05) is 48.7 Å². The molecule has 1 amide bonds. The topological polar surface area (TPSA) is 63.1 Å². The van der Waals surface area contributed by atoms with E-state index in [2.05, 4.69) is 51.0 Å². The van der Waals surface area contributed by atoms with Crippen LogP contribution in [0.5, 0.6) is 0 Å². The summed E-state index contributed by atoms with van der Waals surface area (Å²) in [6, 6.07) is 22.7. The van der Waals surface area contributed by atoms with Gasteiger partial charge in [-0.25, -0.2) is 9.97 Å². The van der Waals surface area contributed by atoms with Crippen molar-refractivity contribution in [2.24, 2.45) is 0 Å². The van der Waals surface area contributed by atoms with E-state index in [4.69, 9.17) is 4.98 Å². The molecule has 6 nitrogen and oxygen atoms in total. The van der Waals surface area contributed by atoms with Gasteiger partial charge in [-0.3, -0.25) is 14.3 Å². The largest absolute Gasteiger partial charge is 0.350 e. The van der Waals surface area contributed by atoms with Crippen molar-refractivity contribution in [2.45, 2.75) is 43.3 Å². The van der Waals surface area contributed by atoms with Crippen LogP contribution in [0.25, 0.3) is 11.2 Å². The molecule has 4 aromatic rings. The lowest BCUT2D eigenvalue weighted by Crippen LogP contribution is -2.40. The number of aromatic nitrogens is 3. The van der Waals surface area contributed by atoms with Gasteiger partial charge in [0.25, 0.3) is 5.91 Å². The van der Waals surface area contributed by atoms with Gasteiger partial charge in [0, 0.05) is 30.1 Å². The summed E-state index contributed by atoms with van der Waals surface area (Å²) >= 11 is 1.69. The first-order chi connectivity index (χ1) is 17.2. The van der Waals surface area contributed by atoms with Crippen LogP contribution in [0.2, 0.25) is 0 Å². The van der Waals surface area contributed by atoms with Gasteiger partial charge in [0.05, 0.1) is 6.54 Å². The first-order valence-electron chi connectivity index (χ1n) is 12.3. The number of rotatable bonds is 9. The number of carbonyl (C=O) groups excluding carboxylic acids is 1. The van der Waals surface area contributed by atoms with E-state index in [9.17, 15) is 4.79 Å².